The minimum atomic E-state index is -3.89. The molecule has 0 atom stereocenters. The van der Waals surface area contributed by atoms with Gasteiger partial charge < -0.3 is 13.6 Å². The first-order valence-electron chi connectivity index (χ1n) is 7.73. The van der Waals surface area contributed by atoms with Crippen LogP contribution >= 0.6 is 7.82 Å². The van der Waals surface area contributed by atoms with E-state index in [0.717, 1.165) is 5.56 Å². The molecule has 0 amide bonds. The van der Waals surface area contributed by atoms with E-state index in [1.165, 1.54) is 6.26 Å². The average Bonchev–Trinajstić information content (AvgIpc) is 2.64. The maximum atomic E-state index is 13.0. The van der Waals surface area contributed by atoms with E-state index in [0.29, 0.717) is 11.5 Å². The Morgan fingerprint density at radius 3 is 1.56 bits per heavy atom. The summed E-state index contributed by atoms with van der Waals surface area (Å²) in [4.78, 5) is 0. The van der Waals surface area contributed by atoms with Crippen LogP contribution in [0.4, 0.5) is 0 Å². The lowest BCUT2D eigenvalue weighted by Crippen LogP contribution is -2.02. The summed E-state index contributed by atoms with van der Waals surface area (Å²) >= 11 is 0. The highest BCUT2D eigenvalue weighted by Crippen LogP contribution is 2.49. The minimum Gasteiger partial charge on any atom is -0.394 e. The third-order valence-electron chi connectivity index (χ3n) is 3.17. The maximum absolute atomic E-state index is 13.0. The van der Waals surface area contributed by atoms with Crippen molar-refractivity contribution in [3.8, 4) is 11.5 Å². The third-order valence-corrected chi connectivity index (χ3v) is 4.42. The Kier molecular flexibility index (Phi) is 5.55. The van der Waals surface area contributed by atoms with Crippen LogP contribution in [0.3, 0.4) is 0 Å². The molecule has 5 heteroatoms. The second kappa shape index (κ2) is 8.22. The molecule has 0 aromatic heterocycles. The zero-order chi connectivity index (χ0) is 17.4. The average molecular weight is 352 g/mol. The topological polar surface area (TPSA) is 44.8 Å². The van der Waals surface area contributed by atoms with Gasteiger partial charge in [-0.3, -0.25) is 0 Å². The van der Waals surface area contributed by atoms with E-state index in [4.69, 9.17) is 13.6 Å². The molecule has 0 saturated heterocycles. The van der Waals surface area contributed by atoms with Crippen molar-refractivity contribution in [2.45, 2.75) is 0 Å². The number of phosphoric acid groups is 1. The molecule has 0 radical (unpaired) electrons. The monoisotopic (exact) mass is 352 g/mol. The molecule has 0 heterocycles. The van der Waals surface area contributed by atoms with Crippen LogP contribution in [0.1, 0.15) is 5.56 Å². The predicted molar refractivity (Wildman–Crippen MR) is 98.3 cm³/mol. The largest absolute Gasteiger partial charge is 0.646 e. The number of phosphoric ester groups is 1. The summed E-state index contributed by atoms with van der Waals surface area (Å²) in [6.07, 6.45) is 3.01. The Balaban J connectivity index is 1.78. The van der Waals surface area contributed by atoms with Gasteiger partial charge in [0.15, 0.2) is 0 Å². The Morgan fingerprint density at radius 1 is 0.640 bits per heavy atom. The Labute approximate surface area is 146 Å². The van der Waals surface area contributed by atoms with Gasteiger partial charge in [0.25, 0.3) is 0 Å². The smallest absolute Gasteiger partial charge is 0.394 e. The van der Waals surface area contributed by atoms with Gasteiger partial charge >= 0.3 is 7.82 Å². The van der Waals surface area contributed by atoms with E-state index in [2.05, 4.69) is 0 Å². The normalized spacial score (nSPS) is 11.2. The van der Waals surface area contributed by atoms with Gasteiger partial charge in [0, 0.05) is 0 Å². The Bertz CT molecular complexity index is 803. The summed E-state index contributed by atoms with van der Waals surface area (Å²) in [5.74, 6) is 0.796. The number of para-hydroxylation sites is 2. The van der Waals surface area contributed by atoms with Crippen molar-refractivity contribution >= 4 is 13.9 Å². The molecular formula is C20H17O4P. The van der Waals surface area contributed by atoms with Gasteiger partial charge in [-0.15, -0.1) is 0 Å². The molecule has 0 aliphatic heterocycles. The van der Waals surface area contributed by atoms with Crippen LogP contribution in [-0.2, 0) is 9.09 Å². The van der Waals surface area contributed by atoms with E-state index < -0.39 is 7.82 Å². The van der Waals surface area contributed by atoms with Gasteiger partial charge in [0.2, 0.25) is 0 Å². The number of hydrogen-bond acceptors (Lipinski definition) is 4. The van der Waals surface area contributed by atoms with E-state index in [-0.39, 0.29) is 0 Å². The molecule has 0 spiro atoms. The van der Waals surface area contributed by atoms with E-state index in [1.54, 1.807) is 54.6 Å². The van der Waals surface area contributed by atoms with Crippen molar-refractivity contribution < 1.29 is 18.1 Å². The van der Waals surface area contributed by atoms with Crippen LogP contribution in [0, 0.1) is 0 Å². The third kappa shape index (κ3) is 5.27. The van der Waals surface area contributed by atoms with Crippen molar-refractivity contribution in [2.24, 2.45) is 0 Å². The standard InChI is InChI=1S/C20H17O4P/c21-25(23-19-12-6-2-7-13-19,24-20-14-8-3-9-15-20)22-17-16-18-10-4-1-5-11-18/h1-17H. The SMILES string of the molecule is O=P(OC=Cc1ccccc1)(Oc1ccccc1)Oc1ccccc1. The minimum absolute atomic E-state index is 0.398. The molecule has 0 N–H and O–H groups in total. The fourth-order valence-electron chi connectivity index (χ4n) is 2.03. The summed E-state index contributed by atoms with van der Waals surface area (Å²) in [7, 11) is -3.89. The molecule has 25 heavy (non-hydrogen) atoms. The Morgan fingerprint density at radius 2 is 1.08 bits per heavy atom. The zero-order valence-corrected chi connectivity index (χ0v) is 14.3. The number of hydrogen-bond donors (Lipinski definition) is 0. The van der Waals surface area contributed by atoms with Crippen molar-refractivity contribution in [1.82, 2.24) is 0 Å². The van der Waals surface area contributed by atoms with Crippen LogP contribution in [0.15, 0.2) is 97.3 Å². The molecule has 0 bridgehead atoms. The van der Waals surface area contributed by atoms with Crippen molar-refractivity contribution in [3.05, 3.63) is 103 Å². The van der Waals surface area contributed by atoms with Crippen molar-refractivity contribution in [3.63, 3.8) is 0 Å². The van der Waals surface area contributed by atoms with Gasteiger partial charge in [-0.2, -0.15) is 4.57 Å². The summed E-state index contributed by atoms with van der Waals surface area (Å²) in [6.45, 7) is 0. The summed E-state index contributed by atoms with van der Waals surface area (Å²) in [5.41, 5.74) is 0.911. The van der Waals surface area contributed by atoms with Crippen LogP contribution in [-0.4, -0.2) is 0 Å². The highest BCUT2D eigenvalue weighted by molar-refractivity contribution is 7.49. The molecule has 0 fully saturated rings. The molecule has 3 aromatic carbocycles. The van der Waals surface area contributed by atoms with Gasteiger partial charge in [-0.1, -0.05) is 66.7 Å². The van der Waals surface area contributed by atoms with E-state index in [1.807, 2.05) is 42.5 Å². The molecule has 4 nitrogen and oxygen atoms in total. The molecule has 3 aromatic rings. The molecule has 0 saturated carbocycles. The van der Waals surface area contributed by atoms with Crippen LogP contribution in [0.25, 0.3) is 6.08 Å². The van der Waals surface area contributed by atoms with Gasteiger partial charge in [0.1, 0.15) is 11.5 Å². The molecule has 0 aliphatic rings. The zero-order valence-electron chi connectivity index (χ0n) is 13.4. The van der Waals surface area contributed by atoms with Gasteiger partial charge in [-0.25, -0.2) is 0 Å². The fraction of sp³-hybridized carbons (Fsp3) is 0. The lowest BCUT2D eigenvalue weighted by atomic mass is 10.2. The molecule has 0 aliphatic carbocycles. The molecule has 0 unspecified atom stereocenters. The van der Waals surface area contributed by atoms with Crippen LogP contribution in [0.2, 0.25) is 0 Å². The Hall–Kier alpha value is -2.97. The van der Waals surface area contributed by atoms with Crippen molar-refractivity contribution in [2.75, 3.05) is 0 Å². The lowest BCUT2D eigenvalue weighted by Gasteiger charge is -2.17. The highest BCUT2D eigenvalue weighted by atomic mass is 31.2. The lowest BCUT2D eigenvalue weighted by molar-refractivity contribution is 0.274. The number of rotatable bonds is 7. The predicted octanol–water partition coefficient (Wildman–Crippen LogP) is 5.94. The summed E-state index contributed by atoms with van der Waals surface area (Å²) < 4.78 is 29.4. The first-order valence-corrected chi connectivity index (χ1v) is 9.19. The molecule has 126 valence electrons. The molecular weight excluding hydrogens is 335 g/mol. The van der Waals surface area contributed by atoms with Gasteiger partial charge in [0.05, 0.1) is 6.26 Å². The summed E-state index contributed by atoms with van der Waals surface area (Å²) in [6, 6.07) is 27.1. The highest BCUT2D eigenvalue weighted by Gasteiger charge is 2.31. The quantitative estimate of drug-likeness (QED) is 0.390. The summed E-state index contributed by atoms with van der Waals surface area (Å²) in [5, 5.41) is 0. The first-order chi connectivity index (χ1) is 12.2. The van der Waals surface area contributed by atoms with E-state index in [9.17, 15) is 4.57 Å². The van der Waals surface area contributed by atoms with Crippen LogP contribution < -0.4 is 9.05 Å². The second-order valence-corrected chi connectivity index (χ2v) is 6.55. The van der Waals surface area contributed by atoms with E-state index >= 15 is 0 Å². The van der Waals surface area contributed by atoms with Crippen LogP contribution in [0.5, 0.6) is 11.5 Å². The molecule has 3 rings (SSSR count). The fourth-order valence-corrected chi connectivity index (χ4v) is 3.12. The van der Waals surface area contributed by atoms with Gasteiger partial charge in [-0.05, 0) is 35.9 Å². The maximum Gasteiger partial charge on any atom is 0.646 e. The number of benzene rings is 3. The first kappa shape index (κ1) is 16.9. The second-order valence-electron chi connectivity index (χ2n) is 5.07. The van der Waals surface area contributed by atoms with Crippen molar-refractivity contribution in [1.29, 1.82) is 0 Å².